The molecule has 0 spiro atoms. The van der Waals surface area contributed by atoms with E-state index < -0.39 is 0 Å². The van der Waals surface area contributed by atoms with Crippen molar-refractivity contribution >= 4 is 11.6 Å². The van der Waals surface area contributed by atoms with E-state index in [9.17, 15) is 0 Å². The van der Waals surface area contributed by atoms with Gasteiger partial charge in [-0.2, -0.15) is 0 Å². The highest BCUT2D eigenvalue weighted by Gasteiger charge is 2.26. The van der Waals surface area contributed by atoms with Crippen molar-refractivity contribution in [2.45, 2.75) is 32.2 Å². The monoisotopic (exact) mass is 297 g/mol. The Bertz CT molecular complexity index is 653. The largest absolute Gasteiger partial charge is 0.382 e. The van der Waals surface area contributed by atoms with Crippen LogP contribution >= 0.6 is 0 Å². The van der Waals surface area contributed by atoms with Gasteiger partial charge in [0, 0.05) is 24.2 Å². The quantitative estimate of drug-likeness (QED) is 0.889. The van der Waals surface area contributed by atoms with Crippen LogP contribution in [0.5, 0.6) is 0 Å². The molecule has 1 aromatic carbocycles. The third kappa shape index (κ3) is 3.04. The summed E-state index contributed by atoms with van der Waals surface area (Å²) in [5, 5.41) is 0. The average Bonchev–Trinajstić information content (AvgIpc) is 2.48. The van der Waals surface area contributed by atoms with Gasteiger partial charge in [0.1, 0.15) is 11.5 Å². The van der Waals surface area contributed by atoms with Gasteiger partial charge < -0.3 is 16.4 Å². The van der Waals surface area contributed by atoms with E-state index in [4.69, 9.17) is 11.5 Å². The molecule has 0 amide bonds. The minimum atomic E-state index is -0.0721. The molecule has 5 heteroatoms. The number of aryl methyl sites for hydroxylation is 1. The highest BCUT2D eigenvalue weighted by atomic mass is 15.2. The summed E-state index contributed by atoms with van der Waals surface area (Å²) in [6.45, 7) is 5.95. The van der Waals surface area contributed by atoms with Crippen molar-refractivity contribution in [3.05, 3.63) is 36.0 Å². The summed E-state index contributed by atoms with van der Waals surface area (Å²) in [6, 6.07) is 8.15. The normalized spacial score (nSPS) is 17.5. The maximum absolute atomic E-state index is 6.17. The third-order valence-electron chi connectivity index (χ3n) is 4.34. The molecule has 0 radical (unpaired) electrons. The van der Waals surface area contributed by atoms with Crippen molar-refractivity contribution in [3.63, 3.8) is 0 Å². The van der Waals surface area contributed by atoms with Crippen LogP contribution in [0.15, 0.2) is 30.5 Å². The summed E-state index contributed by atoms with van der Waals surface area (Å²) >= 11 is 0. The van der Waals surface area contributed by atoms with Gasteiger partial charge in [0.05, 0.1) is 6.20 Å². The maximum Gasteiger partial charge on any atom is 0.152 e. The molecule has 0 saturated carbocycles. The fourth-order valence-corrected chi connectivity index (χ4v) is 2.73. The van der Waals surface area contributed by atoms with Gasteiger partial charge >= 0.3 is 0 Å². The van der Waals surface area contributed by atoms with Crippen molar-refractivity contribution in [1.82, 2.24) is 9.97 Å². The zero-order valence-electron chi connectivity index (χ0n) is 13.2. The first-order chi connectivity index (χ1) is 10.4. The second-order valence-corrected chi connectivity index (χ2v) is 6.47. The number of anilines is 2. The predicted octanol–water partition coefficient (Wildman–Crippen LogP) is 2.35. The highest BCUT2D eigenvalue weighted by Crippen LogP contribution is 2.27. The number of nitrogens with two attached hydrogens (primary N) is 2. The minimum Gasteiger partial charge on any atom is -0.382 e. The predicted molar refractivity (Wildman–Crippen MR) is 90.7 cm³/mol. The lowest BCUT2D eigenvalue weighted by Crippen LogP contribution is -2.48. The molecule has 1 fully saturated rings. The van der Waals surface area contributed by atoms with Crippen LogP contribution in [0.3, 0.4) is 0 Å². The Kier molecular flexibility index (Phi) is 3.74. The Hall–Kier alpha value is -2.14. The van der Waals surface area contributed by atoms with Crippen molar-refractivity contribution in [3.8, 4) is 11.3 Å². The maximum atomic E-state index is 6.17. The van der Waals surface area contributed by atoms with Gasteiger partial charge in [-0.05, 0) is 26.7 Å². The molecule has 2 aromatic rings. The first-order valence-electron chi connectivity index (χ1n) is 7.68. The molecular formula is C17H23N5. The van der Waals surface area contributed by atoms with Crippen LogP contribution in [0.2, 0.25) is 0 Å². The smallest absolute Gasteiger partial charge is 0.152 e. The topological polar surface area (TPSA) is 81.1 Å². The Morgan fingerprint density at radius 3 is 2.36 bits per heavy atom. The summed E-state index contributed by atoms with van der Waals surface area (Å²) in [5.74, 6) is 1.31. The van der Waals surface area contributed by atoms with Crippen LogP contribution in [0.1, 0.15) is 25.3 Å². The van der Waals surface area contributed by atoms with Crippen LogP contribution in [0, 0.1) is 6.92 Å². The summed E-state index contributed by atoms with van der Waals surface area (Å²) in [5.41, 5.74) is 15.2. The van der Waals surface area contributed by atoms with Gasteiger partial charge in [-0.25, -0.2) is 9.97 Å². The molecule has 1 saturated heterocycles. The molecule has 4 N–H and O–H groups in total. The first kappa shape index (κ1) is 14.8. The number of piperidine rings is 1. The Morgan fingerprint density at radius 2 is 1.77 bits per heavy atom. The number of benzene rings is 1. The second kappa shape index (κ2) is 5.57. The molecule has 116 valence electrons. The lowest BCUT2D eigenvalue weighted by atomic mass is 9.91. The summed E-state index contributed by atoms with van der Waals surface area (Å²) in [7, 11) is 0. The molecule has 1 aromatic heterocycles. The average molecular weight is 297 g/mol. The van der Waals surface area contributed by atoms with Gasteiger partial charge in [-0.1, -0.05) is 29.8 Å². The first-order valence-corrected chi connectivity index (χ1v) is 7.68. The lowest BCUT2D eigenvalue weighted by Gasteiger charge is -2.37. The Morgan fingerprint density at radius 1 is 1.14 bits per heavy atom. The van der Waals surface area contributed by atoms with Crippen LogP contribution in [-0.4, -0.2) is 28.6 Å². The van der Waals surface area contributed by atoms with E-state index in [1.54, 1.807) is 0 Å². The van der Waals surface area contributed by atoms with Crippen molar-refractivity contribution in [1.29, 1.82) is 0 Å². The molecule has 2 heterocycles. The van der Waals surface area contributed by atoms with Gasteiger partial charge in [-0.15, -0.1) is 0 Å². The molecule has 1 aliphatic heterocycles. The van der Waals surface area contributed by atoms with E-state index in [2.05, 4.69) is 40.8 Å². The summed E-state index contributed by atoms with van der Waals surface area (Å²) in [6.07, 6.45) is 3.72. The Balaban J connectivity index is 1.82. The van der Waals surface area contributed by atoms with Gasteiger partial charge in [0.15, 0.2) is 5.82 Å². The Labute approximate surface area is 131 Å². The number of hydrogen-bond donors (Lipinski definition) is 2. The van der Waals surface area contributed by atoms with Crippen LogP contribution in [0.25, 0.3) is 11.3 Å². The molecule has 3 rings (SSSR count). The third-order valence-corrected chi connectivity index (χ3v) is 4.34. The number of aromatic nitrogens is 2. The van der Waals surface area contributed by atoms with Crippen LogP contribution in [0.4, 0.5) is 11.6 Å². The van der Waals surface area contributed by atoms with Crippen LogP contribution in [-0.2, 0) is 0 Å². The van der Waals surface area contributed by atoms with E-state index in [-0.39, 0.29) is 5.54 Å². The van der Waals surface area contributed by atoms with Gasteiger partial charge in [0.2, 0.25) is 0 Å². The molecule has 22 heavy (non-hydrogen) atoms. The van der Waals surface area contributed by atoms with E-state index in [0.29, 0.717) is 5.82 Å². The zero-order valence-corrected chi connectivity index (χ0v) is 13.2. The highest BCUT2D eigenvalue weighted by molar-refractivity contribution is 5.71. The molecule has 5 nitrogen and oxygen atoms in total. The molecule has 1 aliphatic rings. The van der Waals surface area contributed by atoms with E-state index in [1.807, 2.05) is 18.3 Å². The summed E-state index contributed by atoms with van der Waals surface area (Å²) < 4.78 is 0. The van der Waals surface area contributed by atoms with E-state index in [0.717, 1.165) is 43.0 Å². The van der Waals surface area contributed by atoms with E-state index in [1.165, 1.54) is 5.56 Å². The molecule has 0 unspecified atom stereocenters. The molecule has 0 aliphatic carbocycles. The fraction of sp³-hybridized carbons (Fsp3) is 0.412. The number of hydrogen-bond acceptors (Lipinski definition) is 5. The SMILES string of the molecule is Cc1ccc(-c2ncc(N3CCC(C)(N)CC3)nc2N)cc1. The minimum absolute atomic E-state index is 0.0721. The standard InChI is InChI=1S/C17H23N5/c1-12-3-5-13(6-4-12)15-16(18)21-14(11-20-15)22-9-7-17(2,19)8-10-22/h3-6,11H,7-10,19H2,1-2H3,(H2,18,21). The van der Waals surface area contributed by atoms with E-state index >= 15 is 0 Å². The number of rotatable bonds is 2. The van der Waals surface area contributed by atoms with Gasteiger partial charge in [0.25, 0.3) is 0 Å². The number of nitrogen functional groups attached to an aromatic ring is 1. The van der Waals surface area contributed by atoms with Crippen LogP contribution < -0.4 is 16.4 Å². The van der Waals surface area contributed by atoms with Crippen molar-refractivity contribution in [2.24, 2.45) is 5.73 Å². The van der Waals surface area contributed by atoms with Crippen molar-refractivity contribution < 1.29 is 0 Å². The molecule has 0 bridgehead atoms. The lowest BCUT2D eigenvalue weighted by molar-refractivity contribution is 0.363. The second-order valence-electron chi connectivity index (χ2n) is 6.47. The fourth-order valence-electron chi connectivity index (χ4n) is 2.73. The summed E-state index contributed by atoms with van der Waals surface area (Å²) in [4.78, 5) is 11.3. The van der Waals surface area contributed by atoms with Crippen molar-refractivity contribution in [2.75, 3.05) is 23.7 Å². The number of nitrogens with zero attached hydrogens (tertiary/aromatic N) is 3. The molecule has 0 atom stereocenters. The molecular weight excluding hydrogens is 274 g/mol. The van der Waals surface area contributed by atoms with Gasteiger partial charge in [-0.3, -0.25) is 0 Å². The zero-order chi connectivity index (χ0) is 15.7.